The molecule has 0 fully saturated rings. The first-order valence-electron chi connectivity index (χ1n) is 6.80. The Hall–Kier alpha value is -2.49. The standard InChI is InChI=1S/C16H15N3O/c1-4-16-12(5-6-20-16)7-11(1)9-17-14-2-3-15-13(8-14)10-18-19-15/h1-4,7-8,10,17H,5-6,9H2,(H,18,19). The third-order valence-corrected chi connectivity index (χ3v) is 3.69. The first-order chi connectivity index (χ1) is 9.88. The number of fused-ring (bicyclic) bond motifs is 2. The topological polar surface area (TPSA) is 49.9 Å². The lowest BCUT2D eigenvalue weighted by atomic mass is 10.1. The maximum Gasteiger partial charge on any atom is 0.122 e. The van der Waals surface area contributed by atoms with Gasteiger partial charge in [-0.1, -0.05) is 12.1 Å². The first kappa shape index (κ1) is 11.3. The van der Waals surface area contributed by atoms with E-state index in [0.717, 1.165) is 41.9 Å². The lowest BCUT2D eigenvalue weighted by Crippen LogP contribution is -1.99. The second-order valence-electron chi connectivity index (χ2n) is 5.07. The van der Waals surface area contributed by atoms with E-state index in [2.05, 4.69) is 45.8 Å². The first-order valence-corrected chi connectivity index (χ1v) is 6.80. The summed E-state index contributed by atoms with van der Waals surface area (Å²) in [5, 5.41) is 11.6. The largest absolute Gasteiger partial charge is 0.493 e. The van der Waals surface area contributed by atoms with Gasteiger partial charge in [-0.3, -0.25) is 5.10 Å². The highest BCUT2D eigenvalue weighted by atomic mass is 16.5. The van der Waals surface area contributed by atoms with Gasteiger partial charge in [0.1, 0.15) is 5.75 Å². The number of anilines is 1. The number of rotatable bonds is 3. The highest BCUT2D eigenvalue weighted by Gasteiger charge is 2.11. The number of benzene rings is 2. The van der Waals surface area contributed by atoms with Gasteiger partial charge in [-0.05, 0) is 35.4 Å². The lowest BCUT2D eigenvalue weighted by Gasteiger charge is -2.08. The molecular formula is C16H15N3O. The van der Waals surface area contributed by atoms with Crippen LogP contribution in [0.15, 0.2) is 42.6 Å². The number of ether oxygens (including phenoxy) is 1. The summed E-state index contributed by atoms with van der Waals surface area (Å²) in [4.78, 5) is 0. The predicted molar refractivity (Wildman–Crippen MR) is 79.1 cm³/mol. The Kier molecular flexibility index (Phi) is 2.59. The normalized spacial score (nSPS) is 13.2. The van der Waals surface area contributed by atoms with Crippen molar-refractivity contribution in [2.24, 2.45) is 0 Å². The van der Waals surface area contributed by atoms with Gasteiger partial charge in [0.25, 0.3) is 0 Å². The van der Waals surface area contributed by atoms with E-state index in [1.807, 2.05) is 12.3 Å². The SMILES string of the molecule is c1cc2c(cc1CNc1ccc3[nH]ncc3c1)CCO2. The molecule has 20 heavy (non-hydrogen) atoms. The van der Waals surface area contributed by atoms with Crippen LogP contribution in [-0.2, 0) is 13.0 Å². The van der Waals surface area contributed by atoms with Gasteiger partial charge >= 0.3 is 0 Å². The lowest BCUT2D eigenvalue weighted by molar-refractivity contribution is 0.357. The van der Waals surface area contributed by atoms with Crippen LogP contribution in [0.25, 0.3) is 10.9 Å². The van der Waals surface area contributed by atoms with E-state index in [0.29, 0.717) is 0 Å². The molecular weight excluding hydrogens is 250 g/mol. The molecule has 0 saturated carbocycles. The quantitative estimate of drug-likeness (QED) is 0.765. The maximum atomic E-state index is 5.52. The molecule has 0 saturated heterocycles. The molecule has 1 aromatic heterocycles. The number of aromatic nitrogens is 2. The number of nitrogens with zero attached hydrogens (tertiary/aromatic N) is 1. The summed E-state index contributed by atoms with van der Waals surface area (Å²) >= 11 is 0. The van der Waals surface area contributed by atoms with Crippen LogP contribution in [0.3, 0.4) is 0 Å². The molecule has 1 aliphatic heterocycles. The molecule has 0 amide bonds. The minimum atomic E-state index is 0.809. The molecule has 100 valence electrons. The second kappa shape index (κ2) is 4.56. The molecule has 0 radical (unpaired) electrons. The zero-order valence-corrected chi connectivity index (χ0v) is 11.0. The van der Waals surface area contributed by atoms with Crippen LogP contribution in [0.2, 0.25) is 0 Å². The van der Waals surface area contributed by atoms with Crippen molar-refractivity contribution in [1.82, 2.24) is 10.2 Å². The fraction of sp³-hybridized carbons (Fsp3) is 0.188. The third-order valence-electron chi connectivity index (χ3n) is 3.69. The molecule has 4 rings (SSSR count). The smallest absolute Gasteiger partial charge is 0.122 e. The summed E-state index contributed by atoms with van der Waals surface area (Å²) in [7, 11) is 0. The van der Waals surface area contributed by atoms with Gasteiger partial charge < -0.3 is 10.1 Å². The molecule has 4 heteroatoms. The number of aromatic amines is 1. The Morgan fingerprint density at radius 3 is 3.20 bits per heavy atom. The van der Waals surface area contributed by atoms with Gasteiger partial charge in [-0.2, -0.15) is 5.10 Å². The van der Waals surface area contributed by atoms with Crippen molar-refractivity contribution >= 4 is 16.6 Å². The van der Waals surface area contributed by atoms with E-state index in [4.69, 9.17) is 4.74 Å². The van der Waals surface area contributed by atoms with Crippen molar-refractivity contribution < 1.29 is 4.74 Å². The summed E-state index contributed by atoms with van der Waals surface area (Å²) in [6, 6.07) is 12.6. The molecule has 0 unspecified atom stereocenters. The van der Waals surface area contributed by atoms with Crippen molar-refractivity contribution in [1.29, 1.82) is 0 Å². The van der Waals surface area contributed by atoms with E-state index in [1.54, 1.807) is 0 Å². The summed E-state index contributed by atoms with van der Waals surface area (Å²) < 4.78 is 5.52. The van der Waals surface area contributed by atoms with E-state index < -0.39 is 0 Å². The van der Waals surface area contributed by atoms with Crippen LogP contribution in [0.1, 0.15) is 11.1 Å². The summed E-state index contributed by atoms with van der Waals surface area (Å²) in [6.45, 7) is 1.63. The van der Waals surface area contributed by atoms with Crippen LogP contribution in [0, 0.1) is 0 Å². The fourth-order valence-electron chi connectivity index (χ4n) is 2.61. The minimum Gasteiger partial charge on any atom is -0.493 e. The summed E-state index contributed by atoms with van der Waals surface area (Å²) in [5.41, 5.74) is 4.76. The third kappa shape index (κ3) is 1.99. The number of nitrogens with one attached hydrogen (secondary N) is 2. The van der Waals surface area contributed by atoms with E-state index in [9.17, 15) is 0 Å². The van der Waals surface area contributed by atoms with Crippen molar-refractivity contribution in [3.05, 3.63) is 53.7 Å². The molecule has 2 N–H and O–H groups in total. The van der Waals surface area contributed by atoms with Crippen LogP contribution < -0.4 is 10.1 Å². The molecule has 2 aromatic carbocycles. The van der Waals surface area contributed by atoms with E-state index in [1.165, 1.54) is 11.1 Å². The number of hydrogen-bond donors (Lipinski definition) is 2. The molecule has 0 aliphatic carbocycles. The van der Waals surface area contributed by atoms with Crippen LogP contribution in [0.5, 0.6) is 5.75 Å². The molecule has 3 aromatic rings. The molecule has 0 bridgehead atoms. The Morgan fingerprint density at radius 1 is 1.20 bits per heavy atom. The van der Waals surface area contributed by atoms with Gasteiger partial charge in [0, 0.05) is 24.0 Å². The van der Waals surface area contributed by atoms with E-state index in [-0.39, 0.29) is 0 Å². The number of H-pyrrole nitrogens is 1. The van der Waals surface area contributed by atoms with Crippen LogP contribution >= 0.6 is 0 Å². The van der Waals surface area contributed by atoms with Crippen molar-refractivity contribution in [2.45, 2.75) is 13.0 Å². The van der Waals surface area contributed by atoms with Crippen LogP contribution in [-0.4, -0.2) is 16.8 Å². The zero-order valence-electron chi connectivity index (χ0n) is 11.0. The average Bonchev–Trinajstić information content (AvgIpc) is 3.12. The maximum absolute atomic E-state index is 5.52. The highest BCUT2D eigenvalue weighted by molar-refractivity contribution is 5.81. The monoisotopic (exact) mass is 265 g/mol. The summed E-state index contributed by atoms with van der Waals surface area (Å²) in [6.07, 6.45) is 2.86. The van der Waals surface area contributed by atoms with Gasteiger partial charge in [-0.25, -0.2) is 0 Å². The molecule has 4 nitrogen and oxygen atoms in total. The zero-order chi connectivity index (χ0) is 13.4. The Labute approximate surface area is 116 Å². The predicted octanol–water partition coefficient (Wildman–Crippen LogP) is 3.11. The number of hydrogen-bond acceptors (Lipinski definition) is 3. The molecule has 1 aliphatic rings. The molecule has 0 atom stereocenters. The van der Waals surface area contributed by atoms with Gasteiger partial charge in [0.05, 0.1) is 18.3 Å². The summed E-state index contributed by atoms with van der Waals surface area (Å²) in [5.74, 6) is 1.04. The van der Waals surface area contributed by atoms with Crippen molar-refractivity contribution in [2.75, 3.05) is 11.9 Å². The van der Waals surface area contributed by atoms with Crippen molar-refractivity contribution in [3.63, 3.8) is 0 Å². The van der Waals surface area contributed by atoms with Gasteiger partial charge in [0.2, 0.25) is 0 Å². The van der Waals surface area contributed by atoms with Crippen molar-refractivity contribution in [3.8, 4) is 5.75 Å². The Morgan fingerprint density at radius 2 is 2.20 bits per heavy atom. The van der Waals surface area contributed by atoms with Crippen LogP contribution in [0.4, 0.5) is 5.69 Å². The van der Waals surface area contributed by atoms with Gasteiger partial charge in [-0.15, -0.1) is 0 Å². The average molecular weight is 265 g/mol. The van der Waals surface area contributed by atoms with Gasteiger partial charge in [0.15, 0.2) is 0 Å². The molecule has 2 heterocycles. The fourth-order valence-corrected chi connectivity index (χ4v) is 2.61. The molecule has 0 spiro atoms. The highest BCUT2D eigenvalue weighted by Crippen LogP contribution is 2.26. The Balaban J connectivity index is 1.52. The minimum absolute atomic E-state index is 0.809. The second-order valence-corrected chi connectivity index (χ2v) is 5.07. The Bertz CT molecular complexity index is 763. The van der Waals surface area contributed by atoms with E-state index >= 15 is 0 Å².